The number of aryl methyl sites for hydroxylation is 2. The van der Waals surface area contributed by atoms with Gasteiger partial charge in [-0.2, -0.15) is 5.10 Å². The van der Waals surface area contributed by atoms with E-state index in [1.165, 1.54) is 11.3 Å². The van der Waals surface area contributed by atoms with E-state index in [2.05, 4.69) is 46.5 Å². The van der Waals surface area contributed by atoms with E-state index in [0.29, 0.717) is 0 Å². The van der Waals surface area contributed by atoms with Crippen molar-refractivity contribution < 1.29 is 0 Å². The first-order valence-corrected chi connectivity index (χ1v) is 7.93. The topological polar surface area (TPSA) is 72.1 Å². The second-order valence-corrected chi connectivity index (χ2v) is 5.82. The molecule has 0 fully saturated rings. The summed E-state index contributed by atoms with van der Waals surface area (Å²) >= 11 is 0. The van der Waals surface area contributed by atoms with Crippen molar-refractivity contribution >= 4 is 5.96 Å². The fourth-order valence-corrected chi connectivity index (χ4v) is 2.62. The van der Waals surface area contributed by atoms with Crippen LogP contribution in [-0.2, 0) is 20.0 Å². The Morgan fingerprint density at radius 2 is 2.17 bits per heavy atom. The van der Waals surface area contributed by atoms with Crippen LogP contribution in [0, 0.1) is 13.8 Å². The van der Waals surface area contributed by atoms with Crippen LogP contribution in [0.2, 0.25) is 0 Å². The molecule has 126 valence electrons. The van der Waals surface area contributed by atoms with Crippen LogP contribution in [0.25, 0.3) is 0 Å². The molecule has 0 radical (unpaired) electrons. The summed E-state index contributed by atoms with van der Waals surface area (Å²) in [5.41, 5.74) is 3.63. The standard InChI is InChI=1S/C16H27N7/c1-12(10-15-13(2)21-22(5)14(15)3)20-16(17-4)19-7-9-23-8-6-18-11-23/h6,8,11-12H,7,9-10H2,1-5H3,(H2,17,19,20). The normalized spacial score (nSPS) is 13.2. The van der Waals surface area contributed by atoms with Crippen molar-refractivity contribution in [3.05, 3.63) is 35.7 Å². The highest BCUT2D eigenvalue weighted by molar-refractivity contribution is 5.79. The van der Waals surface area contributed by atoms with Crippen LogP contribution in [-0.4, -0.2) is 44.9 Å². The fourth-order valence-electron chi connectivity index (χ4n) is 2.62. The predicted octanol–water partition coefficient (Wildman–Crippen LogP) is 1.03. The molecule has 0 spiro atoms. The number of aliphatic imine (C=N–C) groups is 1. The van der Waals surface area contributed by atoms with E-state index in [1.807, 2.05) is 28.8 Å². The van der Waals surface area contributed by atoms with E-state index in [4.69, 9.17) is 0 Å². The van der Waals surface area contributed by atoms with E-state index in [1.54, 1.807) is 13.2 Å². The molecule has 0 aliphatic carbocycles. The van der Waals surface area contributed by atoms with Crippen LogP contribution < -0.4 is 10.6 Å². The maximum atomic E-state index is 4.48. The zero-order valence-electron chi connectivity index (χ0n) is 14.7. The third-order valence-electron chi connectivity index (χ3n) is 4.00. The van der Waals surface area contributed by atoms with Gasteiger partial charge in [0.05, 0.1) is 12.0 Å². The maximum Gasteiger partial charge on any atom is 0.191 e. The molecule has 0 bridgehead atoms. The highest BCUT2D eigenvalue weighted by atomic mass is 15.3. The van der Waals surface area contributed by atoms with E-state index in [-0.39, 0.29) is 6.04 Å². The summed E-state index contributed by atoms with van der Waals surface area (Å²) in [7, 11) is 3.78. The van der Waals surface area contributed by atoms with Crippen molar-refractivity contribution in [2.75, 3.05) is 13.6 Å². The Hall–Kier alpha value is -2.31. The van der Waals surface area contributed by atoms with Gasteiger partial charge in [0.1, 0.15) is 0 Å². The Morgan fingerprint density at radius 3 is 2.74 bits per heavy atom. The monoisotopic (exact) mass is 317 g/mol. The van der Waals surface area contributed by atoms with E-state index >= 15 is 0 Å². The van der Waals surface area contributed by atoms with Crippen LogP contribution in [0.5, 0.6) is 0 Å². The molecular weight excluding hydrogens is 290 g/mol. The number of nitrogens with zero attached hydrogens (tertiary/aromatic N) is 5. The molecule has 2 heterocycles. The Morgan fingerprint density at radius 1 is 1.39 bits per heavy atom. The average Bonchev–Trinajstić information content (AvgIpc) is 3.11. The summed E-state index contributed by atoms with van der Waals surface area (Å²) < 4.78 is 3.97. The minimum Gasteiger partial charge on any atom is -0.355 e. The summed E-state index contributed by atoms with van der Waals surface area (Å²) in [6, 6.07) is 0.274. The van der Waals surface area contributed by atoms with Crippen LogP contribution in [0.15, 0.2) is 23.7 Å². The first kappa shape index (κ1) is 17.1. The number of hydrogen-bond acceptors (Lipinski definition) is 3. The van der Waals surface area contributed by atoms with Gasteiger partial charge in [0, 0.05) is 51.3 Å². The molecule has 7 nitrogen and oxygen atoms in total. The van der Waals surface area contributed by atoms with Crippen molar-refractivity contribution in [3.8, 4) is 0 Å². The van der Waals surface area contributed by atoms with Gasteiger partial charge in [-0.25, -0.2) is 4.98 Å². The van der Waals surface area contributed by atoms with E-state index in [9.17, 15) is 0 Å². The lowest BCUT2D eigenvalue weighted by Crippen LogP contribution is -2.44. The first-order valence-electron chi connectivity index (χ1n) is 7.93. The minimum atomic E-state index is 0.274. The Bertz CT molecular complexity index is 640. The van der Waals surface area contributed by atoms with Crippen molar-refractivity contribution in [1.29, 1.82) is 0 Å². The molecule has 0 amide bonds. The van der Waals surface area contributed by atoms with Gasteiger partial charge >= 0.3 is 0 Å². The van der Waals surface area contributed by atoms with Gasteiger partial charge in [0.15, 0.2) is 5.96 Å². The van der Waals surface area contributed by atoms with Crippen LogP contribution >= 0.6 is 0 Å². The molecule has 0 aromatic carbocycles. The lowest BCUT2D eigenvalue weighted by molar-refractivity contribution is 0.617. The smallest absolute Gasteiger partial charge is 0.191 e. The van der Waals surface area contributed by atoms with Gasteiger partial charge in [0.2, 0.25) is 0 Å². The van der Waals surface area contributed by atoms with Gasteiger partial charge in [-0.05, 0) is 32.8 Å². The Labute approximate surface area is 137 Å². The predicted molar refractivity (Wildman–Crippen MR) is 92.6 cm³/mol. The number of nitrogens with one attached hydrogen (secondary N) is 2. The molecule has 0 saturated heterocycles. The lowest BCUT2D eigenvalue weighted by Gasteiger charge is -2.18. The molecular formula is C16H27N7. The highest BCUT2D eigenvalue weighted by Crippen LogP contribution is 2.13. The molecule has 1 unspecified atom stereocenters. The second-order valence-electron chi connectivity index (χ2n) is 5.82. The largest absolute Gasteiger partial charge is 0.355 e. The number of guanidine groups is 1. The van der Waals surface area contributed by atoms with Gasteiger partial charge in [-0.1, -0.05) is 0 Å². The van der Waals surface area contributed by atoms with Crippen LogP contribution in [0.4, 0.5) is 0 Å². The molecule has 2 rings (SSSR count). The number of imidazole rings is 1. The molecule has 0 saturated carbocycles. The molecule has 23 heavy (non-hydrogen) atoms. The van der Waals surface area contributed by atoms with Gasteiger partial charge < -0.3 is 15.2 Å². The molecule has 7 heteroatoms. The minimum absolute atomic E-state index is 0.274. The number of hydrogen-bond donors (Lipinski definition) is 2. The Kier molecular flexibility index (Phi) is 5.78. The fraction of sp³-hybridized carbons (Fsp3) is 0.562. The Balaban J connectivity index is 1.83. The zero-order valence-corrected chi connectivity index (χ0v) is 14.7. The van der Waals surface area contributed by atoms with Crippen molar-refractivity contribution in [3.63, 3.8) is 0 Å². The summed E-state index contributed by atoms with van der Waals surface area (Å²) in [5.74, 6) is 0.816. The number of aromatic nitrogens is 4. The lowest BCUT2D eigenvalue weighted by atomic mass is 10.1. The molecule has 0 aliphatic heterocycles. The van der Waals surface area contributed by atoms with Crippen molar-refractivity contribution in [2.24, 2.45) is 12.0 Å². The summed E-state index contributed by atoms with van der Waals surface area (Å²) in [4.78, 5) is 8.32. The summed E-state index contributed by atoms with van der Waals surface area (Å²) in [5, 5.41) is 11.2. The number of rotatable bonds is 6. The van der Waals surface area contributed by atoms with Gasteiger partial charge in [-0.15, -0.1) is 0 Å². The quantitative estimate of drug-likeness (QED) is 0.616. The van der Waals surface area contributed by atoms with Crippen LogP contribution in [0.1, 0.15) is 23.9 Å². The second kappa shape index (κ2) is 7.80. The molecule has 2 aromatic heterocycles. The average molecular weight is 317 g/mol. The SMILES string of the molecule is CN=C(NCCn1ccnc1)NC(C)Cc1c(C)nn(C)c1C. The molecule has 2 N–H and O–H groups in total. The highest BCUT2D eigenvalue weighted by Gasteiger charge is 2.13. The summed E-state index contributed by atoms with van der Waals surface area (Å²) in [6.45, 7) is 7.99. The zero-order chi connectivity index (χ0) is 16.8. The van der Waals surface area contributed by atoms with Crippen LogP contribution in [0.3, 0.4) is 0 Å². The first-order chi connectivity index (χ1) is 11.0. The van der Waals surface area contributed by atoms with Crippen molar-refractivity contribution in [2.45, 2.75) is 39.8 Å². The maximum absolute atomic E-state index is 4.48. The molecule has 2 aromatic rings. The van der Waals surface area contributed by atoms with E-state index < -0.39 is 0 Å². The summed E-state index contributed by atoms with van der Waals surface area (Å²) in [6.07, 6.45) is 6.48. The molecule has 1 atom stereocenters. The van der Waals surface area contributed by atoms with E-state index in [0.717, 1.165) is 31.2 Å². The third kappa shape index (κ3) is 4.58. The van der Waals surface area contributed by atoms with Crippen molar-refractivity contribution in [1.82, 2.24) is 30.0 Å². The van der Waals surface area contributed by atoms with Gasteiger partial charge in [0.25, 0.3) is 0 Å². The van der Waals surface area contributed by atoms with Gasteiger partial charge in [-0.3, -0.25) is 9.67 Å². The molecule has 0 aliphatic rings. The third-order valence-corrected chi connectivity index (χ3v) is 4.00.